The summed E-state index contributed by atoms with van der Waals surface area (Å²) < 4.78 is 0. The number of nitrogens with zero attached hydrogens (tertiary/aromatic N) is 1. The Hall–Kier alpha value is -0.900. The van der Waals surface area contributed by atoms with Gasteiger partial charge in [0.1, 0.15) is 0 Å². The number of aromatic nitrogens is 1. The molecular formula is C9H13NO2S. The van der Waals surface area contributed by atoms with Crippen molar-refractivity contribution in [2.45, 2.75) is 26.7 Å². The first-order valence-electron chi connectivity index (χ1n) is 4.09. The molecule has 0 unspecified atom stereocenters. The number of rotatable bonds is 4. The maximum absolute atomic E-state index is 10.5. The zero-order valence-electron chi connectivity index (χ0n) is 7.78. The van der Waals surface area contributed by atoms with Crippen molar-refractivity contribution in [1.82, 2.24) is 4.98 Å². The van der Waals surface area contributed by atoms with E-state index < -0.39 is 5.97 Å². The Labute approximate surface area is 81.4 Å². The summed E-state index contributed by atoms with van der Waals surface area (Å²) in [6.45, 7) is 3.92. The average Bonchev–Trinajstić information content (AvgIpc) is 2.34. The second-order valence-electron chi connectivity index (χ2n) is 3.88. The van der Waals surface area contributed by atoms with E-state index in [1.807, 2.05) is 13.8 Å². The summed E-state index contributed by atoms with van der Waals surface area (Å²) in [4.78, 5) is 15.6. The lowest BCUT2D eigenvalue weighted by Gasteiger charge is -2.20. The van der Waals surface area contributed by atoms with Crippen LogP contribution in [0.15, 0.2) is 11.7 Å². The first-order chi connectivity index (χ1) is 5.99. The number of carboxylic acid groups (broad SMARTS) is 1. The molecule has 0 fully saturated rings. The van der Waals surface area contributed by atoms with Crippen LogP contribution in [0.4, 0.5) is 0 Å². The van der Waals surface area contributed by atoms with Crippen LogP contribution in [0.25, 0.3) is 0 Å². The molecule has 0 aliphatic rings. The number of carbonyl (C=O) groups is 1. The maximum Gasteiger partial charge on any atom is 0.303 e. The smallest absolute Gasteiger partial charge is 0.303 e. The van der Waals surface area contributed by atoms with Crippen molar-refractivity contribution in [3.05, 3.63) is 16.6 Å². The number of hydrogen-bond acceptors (Lipinski definition) is 3. The molecule has 0 aliphatic carbocycles. The standard InChI is InChI=1S/C9H13NO2S/c1-9(2,4-8(11)12)3-7-5-10-6-13-7/h5-6H,3-4H2,1-2H3,(H,11,12). The molecule has 0 bridgehead atoms. The lowest BCUT2D eigenvalue weighted by molar-refractivity contribution is -0.139. The third-order valence-corrected chi connectivity index (χ3v) is 2.55. The Morgan fingerprint density at radius 2 is 2.38 bits per heavy atom. The van der Waals surface area contributed by atoms with E-state index in [2.05, 4.69) is 4.98 Å². The van der Waals surface area contributed by atoms with Crippen molar-refractivity contribution in [2.24, 2.45) is 5.41 Å². The van der Waals surface area contributed by atoms with Crippen molar-refractivity contribution in [3.63, 3.8) is 0 Å². The van der Waals surface area contributed by atoms with E-state index in [9.17, 15) is 4.79 Å². The summed E-state index contributed by atoms with van der Waals surface area (Å²) in [7, 11) is 0. The molecule has 0 aromatic carbocycles. The van der Waals surface area contributed by atoms with Crippen LogP contribution < -0.4 is 0 Å². The number of thiazole rings is 1. The SMILES string of the molecule is CC(C)(CC(=O)O)Cc1cncs1. The van der Waals surface area contributed by atoms with Crippen molar-refractivity contribution in [2.75, 3.05) is 0 Å². The first kappa shape index (κ1) is 10.2. The lowest BCUT2D eigenvalue weighted by atomic mass is 9.85. The molecule has 1 rings (SSSR count). The average molecular weight is 199 g/mol. The Kier molecular flexibility index (Phi) is 3.03. The molecule has 0 atom stereocenters. The minimum Gasteiger partial charge on any atom is -0.481 e. The monoisotopic (exact) mass is 199 g/mol. The van der Waals surface area contributed by atoms with E-state index in [1.165, 1.54) is 0 Å². The minimum absolute atomic E-state index is 0.182. The molecule has 4 heteroatoms. The minimum atomic E-state index is -0.741. The van der Waals surface area contributed by atoms with Gasteiger partial charge in [-0.1, -0.05) is 13.8 Å². The largest absolute Gasteiger partial charge is 0.481 e. The van der Waals surface area contributed by atoms with E-state index in [1.54, 1.807) is 23.0 Å². The van der Waals surface area contributed by atoms with Crippen LogP contribution in [0.3, 0.4) is 0 Å². The van der Waals surface area contributed by atoms with Gasteiger partial charge in [0.25, 0.3) is 0 Å². The second kappa shape index (κ2) is 3.87. The second-order valence-corrected chi connectivity index (χ2v) is 4.85. The van der Waals surface area contributed by atoms with Crippen LogP contribution in [0.1, 0.15) is 25.1 Å². The van der Waals surface area contributed by atoms with Gasteiger partial charge in [0.2, 0.25) is 0 Å². The van der Waals surface area contributed by atoms with E-state index >= 15 is 0 Å². The van der Waals surface area contributed by atoms with Gasteiger partial charge >= 0.3 is 5.97 Å². The van der Waals surface area contributed by atoms with Gasteiger partial charge in [-0.2, -0.15) is 0 Å². The maximum atomic E-state index is 10.5. The van der Waals surface area contributed by atoms with Gasteiger partial charge in [0, 0.05) is 11.1 Å². The van der Waals surface area contributed by atoms with E-state index in [0.29, 0.717) is 0 Å². The Balaban J connectivity index is 2.56. The first-order valence-corrected chi connectivity index (χ1v) is 4.97. The molecule has 3 nitrogen and oxygen atoms in total. The van der Waals surface area contributed by atoms with Gasteiger partial charge < -0.3 is 5.11 Å². The molecule has 1 heterocycles. The molecule has 1 aromatic heterocycles. The zero-order chi connectivity index (χ0) is 9.90. The van der Waals surface area contributed by atoms with E-state index in [0.717, 1.165) is 11.3 Å². The third-order valence-electron chi connectivity index (χ3n) is 1.77. The van der Waals surface area contributed by atoms with Crippen LogP contribution in [-0.2, 0) is 11.2 Å². The van der Waals surface area contributed by atoms with Gasteiger partial charge in [-0.25, -0.2) is 0 Å². The molecule has 0 aliphatic heterocycles. The summed E-state index contributed by atoms with van der Waals surface area (Å²) in [6, 6.07) is 0. The summed E-state index contributed by atoms with van der Waals surface area (Å²) in [5, 5.41) is 8.67. The Bertz CT molecular complexity index is 280. The fourth-order valence-electron chi connectivity index (χ4n) is 1.27. The Morgan fingerprint density at radius 3 is 2.85 bits per heavy atom. The van der Waals surface area contributed by atoms with Crippen LogP contribution in [0, 0.1) is 5.41 Å². The predicted octanol–water partition coefficient (Wildman–Crippen LogP) is 2.19. The quantitative estimate of drug-likeness (QED) is 0.808. The molecule has 72 valence electrons. The molecule has 1 aromatic rings. The number of carboxylic acids is 1. The molecule has 0 amide bonds. The highest BCUT2D eigenvalue weighted by Gasteiger charge is 2.22. The van der Waals surface area contributed by atoms with Crippen LogP contribution in [0.2, 0.25) is 0 Å². The van der Waals surface area contributed by atoms with Gasteiger partial charge in [-0.15, -0.1) is 11.3 Å². The number of hydrogen-bond donors (Lipinski definition) is 1. The molecule has 0 saturated carbocycles. The van der Waals surface area contributed by atoms with Crippen molar-refractivity contribution in [1.29, 1.82) is 0 Å². The topological polar surface area (TPSA) is 50.2 Å². The molecule has 1 N–H and O–H groups in total. The highest BCUT2D eigenvalue weighted by atomic mass is 32.1. The highest BCUT2D eigenvalue weighted by molar-refractivity contribution is 7.09. The van der Waals surface area contributed by atoms with E-state index in [-0.39, 0.29) is 11.8 Å². The molecule has 0 radical (unpaired) electrons. The summed E-state index contributed by atoms with van der Waals surface area (Å²) >= 11 is 1.57. The van der Waals surface area contributed by atoms with E-state index in [4.69, 9.17) is 5.11 Å². The van der Waals surface area contributed by atoms with Crippen molar-refractivity contribution >= 4 is 17.3 Å². The van der Waals surface area contributed by atoms with Crippen LogP contribution in [-0.4, -0.2) is 16.1 Å². The van der Waals surface area contributed by atoms with Crippen molar-refractivity contribution < 1.29 is 9.90 Å². The lowest BCUT2D eigenvalue weighted by Crippen LogP contribution is -2.19. The van der Waals surface area contributed by atoms with Gasteiger partial charge in [-0.05, 0) is 11.8 Å². The number of aliphatic carboxylic acids is 1. The summed E-state index contributed by atoms with van der Waals surface area (Å²) in [5.74, 6) is -0.741. The summed E-state index contributed by atoms with van der Waals surface area (Å²) in [5.41, 5.74) is 1.59. The van der Waals surface area contributed by atoms with Crippen LogP contribution in [0.5, 0.6) is 0 Å². The molecule has 0 saturated heterocycles. The zero-order valence-corrected chi connectivity index (χ0v) is 8.60. The van der Waals surface area contributed by atoms with Gasteiger partial charge in [0.15, 0.2) is 0 Å². The predicted molar refractivity (Wildman–Crippen MR) is 51.9 cm³/mol. The van der Waals surface area contributed by atoms with Gasteiger partial charge in [-0.3, -0.25) is 9.78 Å². The van der Waals surface area contributed by atoms with Crippen LogP contribution >= 0.6 is 11.3 Å². The normalized spacial score (nSPS) is 11.5. The third kappa shape index (κ3) is 3.55. The van der Waals surface area contributed by atoms with Gasteiger partial charge in [0.05, 0.1) is 11.9 Å². The molecular weight excluding hydrogens is 186 g/mol. The molecule has 0 spiro atoms. The fourth-order valence-corrected chi connectivity index (χ4v) is 2.13. The van der Waals surface area contributed by atoms with Crippen molar-refractivity contribution in [3.8, 4) is 0 Å². The molecule has 13 heavy (non-hydrogen) atoms. The Morgan fingerprint density at radius 1 is 1.69 bits per heavy atom. The highest BCUT2D eigenvalue weighted by Crippen LogP contribution is 2.27. The summed E-state index contributed by atoms with van der Waals surface area (Å²) in [6.07, 6.45) is 2.78. The fraction of sp³-hybridized carbons (Fsp3) is 0.556.